The minimum absolute atomic E-state index is 0.545. The molecule has 0 saturated carbocycles. The highest BCUT2D eigenvalue weighted by atomic mass is 79.9. The fraction of sp³-hybridized carbons (Fsp3) is 0. The van der Waals surface area contributed by atoms with Gasteiger partial charge in [0.15, 0.2) is 0 Å². The van der Waals surface area contributed by atoms with E-state index in [2.05, 4.69) is 44.4 Å². The molecular formula is C18H10BrN3S. The molecule has 0 amide bonds. The maximum Gasteiger partial charge on any atom is 0.103 e. The lowest BCUT2D eigenvalue weighted by Crippen LogP contribution is -1.95. The third kappa shape index (κ3) is 2.46. The van der Waals surface area contributed by atoms with Crippen LogP contribution in [-0.2, 0) is 0 Å². The van der Waals surface area contributed by atoms with Gasteiger partial charge in [0.25, 0.3) is 0 Å². The minimum atomic E-state index is 0.545. The van der Waals surface area contributed by atoms with Crippen molar-refractivity contribution in [3.8, 4) is 6.07 Å². The first-order valence-electron chi connectivity index (χ1n) is 6.99. The number of nitrogens with one attached hydrogen (secondary N) is 1. The first-order valence-corrected chi connectivity index (χ1v) is 8.60. The molecule has 1 N–H and O–H groups in total. The summed E-state index contributed by atoms with van der Waals surface area (Å²) in [5.74, 6) is 0. The van der Waals surface area contributed by atoms with E-state index in [1.807, 2.05) is 36.4 Å². The van der Waals surface area contributed by atoms with E-state index in [1.54, 1.807) is 17.5 Å². The van der Waals surface area contributed by atoms with Crippen LogP contribution in [0.3, 0.4) is 0 Å². The monoisotopic (exact) mass is 379 g/mol. The Morgan fingerprint density at radius 1 is 1.13 bits per heavy atom. The summed E-state index contributed by atoms with van der Waals surface area (Å²) in [5, 5.41) is 14.0. The van der Waals surface area contributed by atoms with Crippen LogP contribution in [0.5, 0.6) is 0 Å². The maximum atomic E-state index is 9.45. The highest BCUT2D eigenvalue weighted by molar-refractivity contribution is 9.10. The van der Waals surface area contributed by atoms with Crippen molar-refractivity contribution < 1.29 is 0 Å². The molecule has 3 nitrogen and oxygen atoms in total. The van der Waals surface area contributed by atoms with Crippen LogP contribution >= 0.6 is 27.3 Å². The molecule has 2 heterocycles. The molecule has 23 heavy (non-hydrogen) atoms. The van der Waals surface area contributed by atoms with Gasteiger partial charge in [-0.2, -0.15) is 5.26 Å². The standard InChI is InChI=1S/C18H10BrN3S/c19-12-4-3-5-13(8-12)22-16-11(9-20)10-21-17-14-6-1-2-7-15(14)23-18(16)17/h1-8,10H,(H,21,22). The molecule has 0 radical (unpaired) electrons. The van der Waals surface area contributed by atoms with E-state index in [0.29, 0.717) is 5.56 Å². The Labute approximate surface area is 145 Å². The predicted octanol–water partition coefficient (Wildman–Crippen LogP) is 5.83. The summed E-state index contributed by atoms with van der Waals surface area (Å²) in [5.41, 5.74) is 3.23. The third-order valence-corrected chi connectivity index (χ3v) is 5.27. The number of hydrogen-bond acceptors (Lipinski definition) is 4. The molecule has 0 aliphatic heterocycles. The fourth-order valence-corrected chi connectivity index (χ4v) is 4.13. The Kier molecular flexibility index (Phi) is 3.49. The summed E-state index contributed by atoms with van der Waals surface area (Å²) in [6.07, 6.45) is 1.64. The number of halogens is 1. The van der Waals surface area contributed by atoms with Gasteiger partial charge in [0, 0.05) is 26.4 Å². The molecule has 0 aliphatic rings. The molecule has 0 spiro atoms. The molecule has 4 aromatic rings. The van der Waals surface area contributed by atoms with E-state index in [4.69, 9.17) is 0 Å². The number of hydrogen-bond donors (Lipinski definition) is 1. The molecule has 0 unspecified atom stereocenters. The lowest BCUT2D eigenvalue weighted by atomic mass is 10.2. The van der Waals surface area contributed by atoms with Crippen LogP contribution in [0, 0.1) is 11.3 Å². The van der Waals surface area contributed by atoms with Crippen molar-refractivity contribution >= 4 is 58.9 Å². The lowest BCUT2D eigenvalue weighted by molar-refractivity contribution is 1.38. The van der Waals surface area contributed by atoms with Gasteiger partial charge in [0.2, 0.25) is 0 Å². The summed E-state index contributed by atoms with van der Waals surface area (Å²) in [7, 11) is 0. The maximum absolute atomic E-state index is 9.45. The van der Waals surface area contributed by atoms with Crippen molar-refractivity contribution in [3.63, 3.8) is 0 Å². The second-order valence-corrected chi connectivity index (χ2v) is 7.04. The molecule has 0 fully saturated rings. The van der Waals surface area contributed by atoms with Crippen LogP contribution in [0.4, 0.5) is 11.4 Å². The van der Waals surface area contributed by atoms with E-state index < -0.39 is 0 Å². The summed E-state index contributed by atoms with van der Waals surface area (Å²) < 4.78 is 3.16. The molecule has 2 aromatic carbocycles. The van der Waals surface area contributed by atoms with Gasteiger partial charge in [-0.25, -0.2) is 0 Å². The van der Waals surface area contributed by atoms with Gasteiger partial charge in [-0.1, -0.05) is 40.2 Å². The van der Waals surface area contributed by atoms with Crippen molar-refractivity contribution in [2.24, 2.45) is 0 Å². The molecule has 0 aliphatic carbocycles. The average molecular weight is 380 g/mol. The summed E-state index contributed by atoms with van der Waals surface area (Å²) >= 11 is 5.13. The topological polar surface area (TPSA) is 48.7 Å². The summed E-state index contributed by atoms with van der Waals surface area (Å²) in [6, 6.07) is 18.3. The van der Waals surface area contributed by atoms with Gasteiger partial charge in [0.05, 0.1) is 21.5 Å². The zero-order valence-electron chi connectivity index (χ0n) is 11.9. The third-order valence-electron chi connectivity index (χ3n) is 3.60. The van der Waals surface area contributed by atoms with E-state index >= 15 is 0 Å². The second-order valence-electron chi connectivity index (χ2n) is 5.07. The highest BCUT2D eigenvalue weighted by Crippen LogP contribution is 2.39. The molecule has 0 atom stereocenters. The summed E-state index contributed by atoms with van der Waals surface area (Å²) in [4.78, 5) is 4.50. The lowest BCUT2D eigenvalue weighted by Gasteiger charge is -2.09. The van der Waals surface area contributed by atoms with Crippen LogP contribution in [0.25, 0.3) is 20.3 Å². The van der Waals surface area contributed by atoms with Crippen molar-refractivity contribution in [3.05, 3.63) is 64.8 Å². The number of aromatic nitrogens is 1. The quantitative estimate of drug-likeness (QED) is 0.476. The Hall–Kier alpha value is -2.42. The number of fused-ring (bicyclic) bond motifs is 3. The van der Waals surface area contributed by atoms with E-state index in [9.17, 15) is 5.26 Å². The van der Waals surface area contributed by atoms with E-state index in [0.717, 1.165) is 31.5 Å². The molecule has 2 aromatic heterocycles. The van der Waals surface area contributed by atoms with Crippen LogP contribution < -0.4 is 5.32 Å². The smallest absolute Gasteiger partial charge is 0.103 e. The predicted molar refractivity (Wildman–Crippen MR) is 99.3 cm³/mol. The molecule has 0 saturated heterocycles. The van der Waals surface area contributed by atoms with E-state index in [1.165, 1.54) is 4.70 Å². The number of pyridine rings is 1. The molecule has 110 valence electrons. The summed E-state index contributed by atoms with van der Waals surface area (Å²) in [6.45, 7) is 0. The van der Waals surface area contributed by atoms with Crippen molar-refractivity contribution in [2.75, 3.05) is 5.32 Å². The molecule has 5 heteroatoms. The largest absolute Gasteiger partial charge is 0.353 e. The Morgan fingerprint density at radius 3 is 2.83 bits per heavy atom. The minimum Gasteiger partial charge on any atom is -0.353 e. The van der Waals surface area contributed by atoms with Gasteiger partial charge < -0.3 is 5.32 Å². The van der Waals surface area contributed by atoms with Gasteiger partial charge >= 0.3 is 0 Å². The zero-order valence-corrected chi connectivity index (χ0v) is 14.3. The first kappa shape index (κ1) is 14.2. The van der Waals surface area contributed by atoms with Crippen molar-refractivity contribution in [1.82, 2.24) is 4.98 Å². The van der Waals surface area contributed by atoms with E-state index in [-0.39, 0.29) is 0 Å². The first-order chi connectivity index (χ1) is 11.3. The van der Waals surface area contributed by atoms with Crippen LogP contribution in [0.1, 0.15) is 5.56 Å². The van der Waals surface area contributed by atoms with Gasteiger partial charge in [-0.05, 0) is 24.3 Å². The average Bonchev–Trinajstić information content (AvgIpc) is 2.94. The van der Waals surface area contributed by atoms with Crippen LogP contribution in [0.15, 0.2) is 59.2 Å². The van der Waals surface area contributed by atoms with Crippen molar-refractivity contribution in [2.45, 2.75) is 0 Å². The zero-order chi connectivity index (χ0) is 15.8. The molecular weight excluding hydrogens is 370 g/mol. The highest BCUT2D eigenvalue weighted by Gasteiger charge is 2.14. The Morgan fingerprint density at radius 2 is 2.00 bits per heavy atom. The number of anilines is 2. The SMILES string of the molecule is N#Cc1cnc2c(sc3ccccc32)c1Nc1cccc(Br)c1. The fourth-order valence-electron chi connectivity index (χ4n) is 2.56. The molecule has 0 bridgehead atoms. The van der Waals surface area contributed by atoms with Gasteiger partial charge in [-0.3, -0.25) is 4.98 Å². The second kappa shape index (κ2) is 5.65. The number of nitriles is 1. The normalized spacial score (nSPS) is 10.8. The van der Waals surface area contributed by atoms with Gasteiger partial charge in [0.1, 0.15) is 6.07 Å². The van der Waals surface area contributed by atoms with Crippen molar-refractivity contribution in [1.29, 1.82) is 5.26 Å². The van der Waals surface area contributed by atoms with Gasteiger partial charge in [-0.15, -0.1) is 11.3 Å². The Balaban J connectivity index is 1.98. The number of nitrogens with zero attached hydrogens (tertiary/aromatic N) is 2. The van der Waals surface area contributed by atoms with Crippen LogP contribution in [-0.4, -0.2) is 4.98 Å². The number of thiophene rings is 1. The number of rotatable bonds is 2. The molecule has 4 rings (SSSR count). The number of benzene rings is 2. The van der Waals surface area contributed by atoms with Crippen LogP contribution in [0.2, 0.25) is 0 Å². The Bertz CT molecular complexity index is 1080.